The van der Waals surface area contributed by atoms with E-state index < -0.39 is 11.9 Å². The lowest BCUT2D eigenvalue weighted by atomic mass is 9.94. The highest BCUT2D eigenvalue weighted by Crippen LogP contribution is 2.17. The molecule has 1 N–H and O–H groups in total. The Labute approximate surface area is 89.9 Å². The third kappa shape index (κ3) is 7.73. The zero-order chi connectivity index (χ0) is 12.1. The lowest BCUT2D eigenvalue weighted by Crippen LogP contribution is -2.12. The summed E-state index contributed by atoms with van der Waals surface area (Å²) in [4.78, 5) is 21.5. The number of carbonyl (C=O) groups is 2. The van der Waals surface area contributed by atoms with Crippen LogP contribution in [0, 0.1) is 5.41 Å². The fourth-order valence-electron chi connectivity index (χ4n) is 1.05. The van der Waals surface area contributed by atoms with Gasteiger partial charge in [-0.1, -0.05) is 26.8 Å². The summed E-state index contributed by atoms with van der Waals surface area (Å²) >= 11 is 0. The highest BCUT2D eigenvalue weighted by molar-refractivity contribution is 5.88. The number of hydrogen-bond donors (Lipinski definition) is 1. The number of rotatable bonds is 4. The molecule has 0 aliphatic rings. The number of esters is 1. The fourth-order valence-corrected chi connectivity index (χ4v) is 1.05. The summed E-state index contributed by atoms with van der Waals surface area (Å²) in [5.41, 5.74) is 0.420. The summed E-state index contributed by atoms with van der Waals surface area (Å²) in [7, 11) is 0. The SMILES string of the molecule is CC(=CC(C)(C)C)C(=O)OCCC(=O)O. The molecule has 4 heteroatoms. The summed E-state index contributed by atoms with van der Waals surface area (Å²) in [6, 6.07) is 0. The van der Waals surface area contributed by atoms with E-state index in [-0.39, 0.29) is 18.4 Å². The van der Waals surface area contributed by atoms with Crippen molar-refractivity contribution in [3.8, 4) is 0 Å². The first kappa shape index (κ1) is 13.7. The predicted molar refractivity (Wildman–Crippen MR) is 56.4 cm³/mol. The van der Waals surface area contributed by atoms with Crippen molar-refractivity contribution in [2.75, 3.05) is 6.61 Å². The first-order valence-corrected chi connectivity index (χ1v) is 4.81. The van der Waals surface area contributed by atoms with Gasteiger partial charge in [0.2, 0.25) is 0 Å². The van der Waals surface area contributed by atoms with Gasteiger partial charge in [0.1, 0.15) is 6.61 Å². The monoisotopic (exact) mass is 214 g/mol. The van der Waals surface area contributed by atoms with Crippen LogP contribution in [0.25, 0.3) is 0 Å². The molecule has 0 aliphatic heterocycles. The van der Waals surface area contributed by atoms with Gasteiger partial charge in [-0.25, -0.2) is 4.79 Å². The molecule has 0 aromatic rings. The number of ether oxygens (including phenoxy) is 1. The largest absolute Gasteiger partial charge is 0.481 e. The first-order valence-electron chi connectivity index (χ1n) is 4.81. The molecule has 0 saturated heterocycles. The van der Waals surface area contributed by atoms with E-state index in [0.717, 1.165) is 0 Å². The Morgan fingerprint density at radius 1 is 1.33 bits per heavy atom. The zero-order valence-corrected chi connectivity index (χ0v) is 9.66. The molecule has 0 unspecified atom stereocenters. The van der Waals surface area contributed by atoms with Crippen molar-refractivity contribution < 1.29 is 19.4 Å². The highest BCUT2D eigenvalue weighted by Gasteiger charge is 2.12. The number of carboxylic acids is 1. The predicted octanol–water partition coefficient (Wildman–Crippen LogP) is 2.00. The standard InChI is InChI=1S/C11H18O4/c1-8(7-11(2,3)4)10(14)15-6-5-9(12)13/h7H,5-6H2,1-4H3,(H,12,13). The van der Waals surface area contributed by atoms with Gasteiger partial charge in [-0.3, -0.25) is 4.79 Å². The average molecular weight is 214 g/mol. The van der Waals surface area contributed by atoms with E-state index in [0.29, 0.717) is 5.57 Å². The quantitative estimate of drug-likeness (QED) is 0.574. The third-order valence-corrected chi connectivity index (χ3v) is 1.52. The molecular formula is C11H18O4. The van der Waals surface area contributed by atoms with E-state index >= 15 is 0 Å². The average Bonchev–Trinajstić information content (AvgIpc) is 1.99. The molecule has 0 radical (unpaired) electrons. The molecule has 0 aliphatic carbocycles. The van der Waals surface area contributed by atoms with Crippen LogP contribution in [0.4, 0.5) is 0 Å². The number of carbonyl (C=O) groups excluding carboxylic acids is 1. The fraction of sp³-hybridized carbons (Fsp3) is 0.636. The van der Waals surface area contributed by atoms with Gasteiger partial charge >= 0.3 is 11.9 Å². The maximum Gasteiger partial charge on any atom is 0.333 e. The van der Waals surface area contributed by atoms with Crippen LogP contribution >= 0.6 is 0 Å². The van der Waals surface area contributed by atoms with Gasteiger partial charge in [0.25, 0.3) is 0 Å². The van der Waals surface area contributed by atoms with E-state index in [9.17, 15) is 9.59 Å². The Hall–Kier alpha value is -1.32. The summed E-state index contributed by atoms with van der Waals surface area (Å²) in [6.45, 7) is 7.50. The van der Waals surface area contributed by atoms with Gasteiger partial charge in [0, 0.05) is 5.57 Å². The maximum atomic E-state index is 11.3. The minimum atomic E-state index is -0.972. The second kappa shape index (κ2) is 5.53. The maximum absolute atomic E-state index is 11.3. The molecule has 4 nitrogen and oxygen atoms in total. The smallest absolute Gasteiger partial charge is 0.333 e. The number of carboxylic acid groups (broad SMARTS) is 1. The summed E-state index contributed by atoms with van der Waals surface area (Å²) in [5.74, 6) is -1.42. The Morgan fingerprint density at radius 2 is 1.87 bits per heavy atom. The minimum absolute atomic E-state index is 0.0799. The molecule has 0 aromatic heterocycles. The molecule has 0 heterocycles. The van der Waals surface area contributed by atoms with Gasteiger partial charge in [0.05, 0.1) is 6.42 Å². The molecule has 0 saturated carbocycles. The van der Waals surface area contributed by atoms with Crippen molar-refractivity contribution in [3.63, 3.8) is 0 Å². The van der Waals surface area contributed by atoms with Gasteiger partial charge in [-0.15, -0.1) is 0 Å². The molecule has 0 fully saturated rings. The second-order valence-corrected chi connectivity index (χ2v) is 4.47. The Morgan fingerprint density at radius 3 is 2.27 bits per heavy atom. The van der Waals surface area contributed by atoms with Gasteiger partial charge < -0.3 is 9.84 Å². The Bertz CT molecular complexity index is 271. The number of hydrogen-bond acceptors (Lipinski definition) is 3. The van der Waals surface area contributed by atoms with Crippen LogP contribution in [-0.4, -0.2) is 23.7 Å². The van der Waals surface area contributed by atoms with Crippen LogP contribution in [0.5, 0.6) is 0 Å². The van der Waals surface area contributed by atoms with E-state index in [1.54, 1.807) is 13.0 Å². The highest BCUT2D eigenvalue weighted by atomic mass is 16.5. The molecule has 0 amide bonds. The number of allylic oxidation sites excluding steroid dienone is 1. The number of aliphatic carboxylic acids is 1. The van der Waals surface area contributed by atoms with Gasteiger partial charge in [-0.2, -0.15) is 0 Å². The molecule has 0 spiro atoms. The summed E-state index contributed by atoms with van der Waals surface area (Å²) in [6.07, 6.45) is 1.64. The lowest BCUT2D eigenvalue weighted by Gasteiger charge is -2.13. The van der Waals surface area contributed by atoms with E-state index in [1.807, 2.05) is 20.8 Å². The molecule has 0 aromatic carbocycles. The van der Waals surface area contributed by atoms with Crippen molar-refractivity contribution in [1.82, 2.24) is 0 Å². The summed E-state index contributed by atoms with van der Waals surface area (Å²) < 4.78 is 4.77. The zero-order valence-electron chi connectivity index (χ0n) is 9.66. The van der Waals surface area contributed by atoms with Crippen LogP contribution in [-0.2, 0) is 14.3 Å². The molecule has 86 valence electrons. The van der Waals surface area contributed by atoms with Crippen molar-refractivity contribution in [2.45, 2.75) is 34.1 Å². The van der Waals surface area contributed by atoms with Crippen LogP contribution < -0.4 is 0 Å². The van der Waals surface area contributed by atoms with E-state index in [4.69, 9.17) is 9.84 Å². The topological polar surface area (TPSA) is 63.6 Å². The van der Waals surface area contributed by atoms with Crippen molar-refractivity contribution in [1.29, 1.82) is 0 Å². The van der Waals surface area contributed by atoms with Gasteiger partial charge in [-0.05, 0) is 12.3 Å². The molecule has 0 bridgehead atoms. The normalized spacial score (nSPS) is 12.4. The van der Waals surface area contributed by atoms with Crippen LogP contribution in [0.3, 0.4) is 0 Å². The van der Waals surface area contributed by atoms with Crippen molar-refractivity contribution in [2.24, 2.45) is 5.41 Å². The minimum Gasteiger partial charge on any atom is -0.481 e. The molecule has 0 rings (SSSR count). The third-order valence-electron chi connectivity index (χ3n) is 1.52. The Kier molecular flexibility index (Phi) is 5.05. The van der Waals surface area contributed by atoms with Gasteiger partial charge in [0.15, 0.2) is 0 Å². The first-order chi connectivity index (χ1) is 6.72. The van der Waals surface area contributed by atoms with Crippen molar-refractivity contribution in [3.05, 3.63) is 11.6 Å². The molecule has 0 atom stereocenters. The second-order valence-electron chi connectivity index (χ2n) is 4.47. The van der Waals surface area contributed by atoms with Crippen LogP contribution in [0.1, 0.15) is 34.1 Å². The van der Waals surface area contributed by atoms with E-state index in [1.165, 1.54) is 0 Å². The van der Waals surface area contributed by atoms with E-state index in [2.05, 4.69) is 0 Å². The molecule has 15 heavy (non-hydrogen) atoms. The van der Waals surface area contributed by atoms with Crippen LogP contribution in [0.15, 0.2) is 11.6 Å². The Balaban J connectivity index is 4.11. The summed E-state index contributed by atoms with van der Waals surface area (Å²) in [5, 5.41) is 8.35. The lowest BCUT2D eigenvalue weighted by molar-refractivity contribution is -0.143. The van der Waals surface area contributed by atoms with Crippen LogP contribution in [0.2, 0.25) is 0 Å². The van der Waals surface area contributed by atoms with Crippen molar-refractivity contribution >= 4 is 11.9 Å². The molecular weight excluding hydrogens is 196 g/mol.